The number of nitrogens with zero attached hydrogens (tertiary/aromatic N) is 1. The molecular weight excluding hydrogens is 384 g/mol. The number of hydrogen-bond acceptors (Lipinski definition) is 3. The Kier molecular flexibility index (Phi) is 11.4. The van der Waals surface area contributed by atoms with Crippen LogP contribution >= 0.6 is 0 Å². The minimum atomic E-state index is -0.0350. The van der Waals surface area contributed by atoms with Crippen molar-refractivity contribution >= 4 is 17.7 Å². The number of unbranched alkanes of at least 4 members (excludes halogenated alkanes) is 3. The zero-order chi connectivity index (χ0) is 22.3. The van der Waals surface area contributed by atoms with E-state index in [0.29, 0.717) is 0 Å². The Bertz CT molecular complexity index is 788. The van der Waals surface area contributed by atoms with Gasteiger partial charge >= 0.3 is 0 Å². The number of methoxy groups -OCH3 is 1. The minimum Gasteiger partial charge on any atom is -0.497 e. The molecule has 0 aliphatic carbocycles. The Balaban J connectivity index is 1.86. The predicted octanol–water partition coefficient (Wildman–Crippen LogP) is 6.29. The van der Waals surface area contributed by atoms with E-state index in [1.54, 1.807) is 13.2 Å². The van der Waals surface area contributed by atoms with Crippen molar-refractivity contribution in [3.63, 3.8) is 0 Å². The average Bonchev–Trinajstić information content (AvgIpc) is 3.29. The van der Waals surface area contributed by atoms with Crippen LogP contribution in [0.2, 0.25) is 0 Å². The molecule has 4 nitrogen and oxygen atoms in total. The van der Waals surface area contributed by atoms with Crippen molar-refractivity contribution < 1.29 is 9.53 Å². The van der Waals surface area contributed by atoms with Gasteiger partial charge in [-0.2, -0.15) is 0 Å². The monoisotopic (exact) mass is 422 g/mol. The molecule has 0 saturated carbocycles. The molecule has 1 aliphatic heterocycles. The molecule has 0 fully saturated rings. The number of benzene rings is 1. The number of carbonyl (C=O) groups excluding carboxylic acids is 1. The van der Waals surface area contributed by atoms with Crippen LogP contribution in [-0.2, 0) is 4.79 Å². The van der Waals surface area contributed by atoms with Crippen molar-refractivity contribution in [1.29, 1.82) is 0 Å². The average molecular weight is 423 g/mol. The number of hydrogen-bond donors (Lipinski definition) is 1. The van der Waals surface area contributed by atoms with Crippen molar-refractivity contribution in [2.45, 2.75) is 71.3 Å². The molecule has 0 bridgehead atoms. The minimum absolute atomic E-state index is 0.0350. The standard InChI is InChI=1S/C27H38N2O2/c1-4-5-6-7-12-24(25-15-17-26(31-3)18-16-25)13-9-14-27(30)29-22(2)10-8-11-23-19-20-28-21-23/h9,13-20,22H,4-8,10-12,21H2,1-3H3,(H,29,30)/b14-9+,24-13+/t22-/m1/s1. The van der Waals surface area contributed by atoms with Gasteiger partial charge in [0, 0.05) is 18.3 Å². The lowest BCUT2D eigenvalue weighted by Crippen LogP contribution is -2.30. The summed E-state index contributed by atoms with van der Waals surface area (Å²) in [7, 11) is 1.68. The van der Waals surface area contributed by atoms with E-state index in [0.717, 1.165) is 44.4 Å². The molecule has 1 aliphatic rings. The van der Waals surface area contributed by atoms with Gasteiger partial charge in [-0.15, -0.1) is 0 Å². The van der Waals surface area contributed by atoms with Crippen molar-refractivity contribution in [1.82, 2.24) is 5.32 Å². The number of carbonyl (C=O) groups is 1. The fraction of sp³-hybridized carbons (Fsp3) is 0.481. The first-order chi connectivity index (χ1) is 15.1. The lowest BCUT2D eigenvalue weighted by Gasteiger charge is -2.12. The van der Waals surface area contributed by atoms with Crippen LogP contribution in [0.3, 0.4) is 0 Å². The summed E-state index contributed by atoms with van der Waals surface area (Å²) in [6.45, 7) is 5.13. The molecule has 0 radical (unpaired) electrons. The molecule has 168 valence electrons. The molecular formula is C27H38N2O2. The molecule has 0 aromatic heterocycles. The van der Waals surface area contributed by atoms with Gasteiger partial charge in [-0.05, 0) is 73.9 Å². The first kappa shape index (κ1) is 24.6. The highest BCUT2D eigenvalue weighted by molar-refractivity contribution is 5.88. The van der Waals surface area contributed by atoms with Crippen molar-refractivity contribution in [3.05, 3.63) is 59.7 Å². The van der Waals surface area contributed by atoms with E-state index in [2.05, 4.69) is 48.4 Å². The highest BCUT2D eigenvalue weighted by Gasteiger charge is 2.07. The summed E-state index contributed by atoms with van der Waals surface area (Å²) >= 11 is 0. The van der Waals surface area contributed by atoms with E-state index in [9.17, 15) is 4.79 Å². The maximum Gasteiger partial charge on any atom is 0.244 e. The molecule has 1 heterocycles. The van der Waals surface area contributed by atoms with Gasteiger partial charge in [-0.25, -0.2) is 0 Å². The molecule has 1 amide bonds. The van der Waals surface area contributed by atoms with Crippen LogP contribution in [0.4, 0.5) is 0 Å². The van der Waals surface area contributed by atoms with Crippen LogP contribution in [0.1, 0.15) is 70.8 Å². The molecule has 4 heteroatoms. The Labute approximate surface area is 188 Å². The summed E-state index contributed by atoms with van der Waals surface area (Å²) in [5.41, 5.74) is 3.82. The fourth-order valence-electron chi connectivity index (χ4n) is 3.66. The molecule has 0 unspecified atom stereocenters. The molecule has 2 rings (SSSR count). The fourth-order valence-corrected chi connectivity index (χ4v) is 3.66. The maximum absolute atomic E-state index is 12.3. The number of ether oxygens (including phenoxy) is 1. The molecule has 0 spiro atoms. The summed E-state index contributed by atoms with van der Waals surface area (Å²) in [6, 6.07) is 8.32. The number of rotatable bonds is 14. The van der Waals surface area contributed by atoms with Crippen LogP contribution in [0.15, 0.2) is 59.1 Å². The summed E-state index contributed by atoms with van der Waals surface area (Å²) in [5, 5.41) is 3.07. The van der Waals surface area contributed by atoms with Crippen LogP contribution in [-0.4, -0.2) is 31.8 Å². The van der Waals surface area contributed by atoms with Crippen LogP contribution in [0.5, 0.6) is 5.75 Å². The Morgan fingerprint density at radius 1 is 1.19 bits per heavy atom. The van der Waals surface area contributed by atoms with Crippen molar-refractivity contribution in [2.24, 2.45) is 4.99 Å². The van der Waals surface area contributed by atoms with E-state index in [1.165, 1.54) is 36.0 Å². The molecule has 1 N–H and O–H groups in total. The second-order valence-electron chi connectivity index (χ2n) is 8.21. The second kappa shape index (κ2) is 14.4. The summed E-state index contributed by atoms with van der Waals surface area (Å²) in [4.78, 5) is 16.5. The van der Waals surface area contributed by atoms with Crippen molar-refractivity contribution in [2.75, 3.05) is 13.7 Å². The predicted molar refractivity (Wildman–Crippen MR) is 132 cm³/mol. The van der Waals surface area contributed by atoms with Gasteiger partial charge < -0.3 is 10.1 Å². The summed E-state index contributed by atoms with van der Waals surface area (Å²) in [5.74, 6) is 0.821. The van der Waals surface area contributed by atoms with Gasteiger partial charge in [0.2, 0.25) is 5.91 Å². The molecule has 1 aromatic carbocycles. The Morgan fingerprint density at radius 3 is 2.68 bits per heavy atom. The molecule has 0 saturated heterocycles. The largest absolute Gasteiger partial charge is 0.497 e. The Hall–Kier alpha value is -2.62. The first-order valence-electron chi connectivity index (χ1n) is 11.6. The van der Waals surface area contributed by atoms with Gasteiger partial charge in [0.15, 0.2) is 0 Å². The van der Waals surface area contributed by atoms with Gasteiger partial charge in [-0.3, -0.25) is 9.79 Å². The van der Waals surface area contributed by atoms with Crippen LogP contribution in [0, 0.1) is 0 Å². The van der Waals surface area contributed by atoms with Crippen molar-refractivity contribution in [3.8, 4) is 5.75 Å². The Morgan fingerprint density at radius 2 is 2.00 bits per heavy atom. The lowest BCUT2D eigenvalue weighted by molar-refractivity contribution is -0.117. The van der Waals surface area contributed by atoms with Gasteiger partial charge in [0.1, 0.15) is 5.75 Å². The topological polar surface area (TPSA) is 50.7 Å². The number of nitrogens with one attached hydrogen (secondary N) is 1. The van der Waals surface area contributed by atoms with E-state index >= 15 is 0 Å². The third-order valence-corrected chi connectivity index (χ3v) is 5.54. The third kappa shape index (κ3) is 9.82. The second-order valence-corrected chi connectivity index (χ2v) is 8.21. The highest BCUT2D eigenvalue weighted by atomic mass is 16.5. The number of amides is 1. The van der Waals surface area contributed by atoms with Crippen LogP contribution < -0.4 is 10.1 Å². The SMILES string of the molecule is CCCCCC/C(=C\C=C\C(=O)N[C@H](C)CCCC1=CC=NC1)c1ccc(OC)cc1. The van der Waals surface area contributed by atoms with E-state index < -0.39 is 0 Å². The quantitative estimate of drug-likeness (QED) is 0.217. The molecule has 1 atom stereocenters. The maximum atomic E-state index is 12.3. The summed E-state index contributed by atoms with van der Waals surface area (Å²) in [6.07, 6.45) is 18.5. The number of allylic oxidation sites excluding steroid dienone is 4. The van der Waals surface area contributed by atoms with E-state index in [1.807, 2.05) is 24.4 Å². The summed E-state index contributed by atoms with van der Waals surface area (Å²) < 4.78 is 5.27. The molecule has 1 aromatic rings. The first-order valence-corrected chi connectivity index (χ1v) is 11.6. The normalized spacial score (nSPS) is 14.7. The smallest absolute Gasteiger partial charge is 0.244 e. The lowest BCUT2D eigenvalue weighted by atomic mass is 9.98. The zero-order valence-corrected chi connectivity index (χ0v) is 19.4. The van der Waals surface area contributed by atoms with E-state index in [-0.39, 0.29) is 11.9 Å². The van der Waals surface area contributed by atoms with Gasteiger partial charge in [0.25, 0.3) is 0 Å². The number of aliphatic imine (C=N–C) groups is 1. The zero-order valence-electron chi connectivity index (χ0n) is 19.4. The third-order valence-electron chi connectivity index (χ3n) is 5.54. The van der Waals surface area contributed by atoms with Gasteiger partial charge in [-0.1, -0.05) is 50.5 Å². The van der Waals surface area contributed by atoms with E-state index in [4.69, 9.17) is 4.74 Å². The molecule has 31 heavy (non-hydrogen) atoms. The highest BCUT2D eigenvalue weighted by Crippen LogP contribution is 2.24. The van der Waals surface area contributed by atoms with Gasteiger partial charge in [0.05, 0.1) is 13.7 Å². The van der Waals surface area contributed by atoms with Crippen LogP contribution in [0.25, 0.3) is 5.57 Å².